The Morgan fingerprint density at radius 1 is 1.19 bits per heavy atom. The molecule has 6 heteroatoms. The number of thioether (sulfide) groups is 1. The van der Waals surface area contributed by atoms with Gasteiger partial charge in [-0.05, 0) is 35.7 Å². The fraction of sp³-hybridized carbons (Fsp3) is 0.333. The average molecular weight is 383 g/mol. The van der Waals surface area contributed by atoms with Crippen molar-refractivity contribution in [2.75, 3.05) is 20.1 Å². The molecule has 0 aliphatic rings. The molecule has 1 aromatic heterocycles. The quantitative estimate of drug-likeness (QED) is 0.608. The summed E-state index contributed by atoms with van der Waals surface area (Å²) in [5.74, 6) is 0.702. The molecule has 0 aliphatic carbocycles. The zero-order valence-corrected chi connectivity index (χ0v) is 16.8. The summed E-state index contributed by atoms with van der Waals surface area (Å²) < 4.78 is 0. The Bertz CT molecular complexity index is 902. The fourth-order valence-corrected chi connectivity index (χ4v) is 3.87. The van der Waals surface area contributed by atoms with Gasteiger partial charge < -0.3 is 15.6 Å². The molecular weight excluding hydrogens is 356 g/mol. The summed E-state index contributed by atoms with van der Waals surface area (Å²) in [5.41, 5.74) is 9.42. The molecule has 142 valence electrons. The van der Waals surface area contributed by atoms with Gasteiger partial charge in [-0.2, -0.15) is 0 Å². The second-order valence-corrected chi connectivity index (χ2v) is 8.50. The van der Waals surface area contributed by atoms with Crippen LogP contribution >= 0.6 is 11.8 Å². The molecular formula is C21H26N4OS. The van der Waals surface area contributed by atoms with Crippen molar-refractivity contribution in [3.63, 3.8) is 0 Å². The number of nitrogens with one attached hydrogen (secondary N) is 1. The topological polar surface area (TPSA) is 75.0 Å². The minimum Gasteiger partial charge on any atom is -0.341 e. The predicted molar refractivity (Wildman–Crippen MR) is 112 cm³/mol. The second-order valence-electron chi connectivity index (χ2n) is 7.53. The van der Waals surface area contributed by atoms with Gasteiger partial charge >= 0.3 is 0 Å². The Morgan fingerprint density at radius 2 is 1.89 bits per heavy atom. The van der Waals surface area contributed by atoms with Gasteiger partial charge in [-0.1, -0.05) is 55.9 Å². The molecule has 3 aromatic rings. The Morgan fingerprint density at radius 3 is 2.63 bits per heavy atom. The molecule has 3 N–H and O–H groups in total. The van der Waals surface area contributed by atoms with Crippen molar-refractivity contribution in [2.45, 2.75) is 24.8 Å². The monoisotopic (exact) mass is 382 g/mol. The van der Waals surface area contributed by atoms with Crippen LogP contribution in [0.1, 0.15) is 29.8 Å². The molecule has 0 atom stereocenters. The maximum absolute atomic E-state index is 13.0. The third-order valence-corrected chi connectivity index (χ3v) is 5.47. The van der Waals surface area contributed by atoms with Crippen LogP contribution in [0.2, 0.25) is 0 Å². The first-order valence-electron chi connectivity index (χ1n) is 9.00. The van der Waals surface area contributed by atoms with Gasteiger partial charge in [0.25, 0.3) is 5.91 Å². The molecule has 0 radical (unpaired) electrons. The van der Waals surface area contributed by atoms with E-state index in [1.54, 1.807) is 16.7 Å². The summed E-state index contributed by atoms with van der Waals surface area (Å²) >= 11 is 1.60. The number of carbonyl (C=O) groups excluding carboxylic acids is 1. The van der Waals surface area contributed by atoms with Crippen molar-refractivity contribution < 1.29 is 4.79 Å². The van der Waals surface area contributed by atoms with E-state index in [1.165, 1.54) is 0 Å². The van der Waals surface area contributed by atoms with Crippen LogP contribution in [0.15, 0.2) is 53.7 Å². The van der Waals surface area contributed by atoms with Crippen LogP contribution in [0.5, 0.6) is 0 Å². The second kappa shape index (κ2) is 8.15. The number of aromatic nitrogens is 2. The van der Waals surface area contributed by atoms with E-state index in [-0.39, 0.29) is 11.3 Å². The molecule has 3 rings (SSSR count). The maximum atomic E-state index is 13.0. The summed E-state index contributed by atoms with van der Waals surface area (Å²) in [5, 5.41) is 0.857. The largest absolute Gasteiger partial charge is 0.341 e. The summed E-state index contributed by atoms with van der Waals surface area (Å²) in [4.78, 5) is 22.6. The lowest BCUT2D eigenvalue weighted by Gasteiger charge is -2.29. The van der Waals surface area contributed by atoms with E-state index >= 15 is 0 Å². The highest BCUT2D eigenvalue weighted by molar-refractivity contribution is 7.98. The molecule has 0 saturated heterocycles. The average Bonchev–Trinajstić information content (AvgIpc) is 3.08. The number of nitrogens with two attached hydrogens (primary N) is 1. The Balaban J connectivity index is 1.74. The van der Waals surface area contributed by atoms with E-state index < -0.39 is 0 Å². The number of H-pyrrole nitrogens is 1. The van der Waals surface area contributed by atoms with Gasteiger partial charge in [0, 0.05) is 24.9 Å². The van der Waals surface area contributed by atoms with Crippen molar-refractivity contribution in [2.24, 2.45) is 11.1 Å². The molecule has 2 aromatic carbocycles. The van der Waals surface area contributed by atoms with E-state index in [2.05, 4.69) is 23.8 Å². The first kappa shape index (κ1) is 19.5. The summed E-state index contributed by atoms with van der Waals surface area (Å²) in [6, 6.07) is 15.7. The summed E-state index contributed by atoms with van der Waals surface area (Å²) in [7, 11) is 1.84. The molecule has 0 bridgehead atoms. The maximum Gasteiger partial charge on any atom is 0.253 e. The first-order chi connectivity index (χ1) is 12.9. The number of hydrogen-bond donors (Lipinski definition) is 2. The lowest BCUT2D eigenvalue weighted by molar-refractivity contribution is 0.0740. The van der Waals surface area contributed by atoms with Crippen LogP contribution in [-0.4, -0.2) is 40.9 Å². The molecule has 5 nitrogen and oxygen atoms in total. The molecule has 1 heterocycles. The van der Waals surface area contributed by atoms with Gasteiger partial charge in [0.2, 0.25) is 0 Å². The van der Waals surface area contributed by atoms with Crippen LogP contribution in [0, 0.1) is 5.41 Å². The number of aromatic amines is 1. The molecule has 27 heavy (non-hydrogen) atoms. The summed E-state index contributed by atoms with van der Waals surface area (Å²) in [6.07, 6.45) is 0. The standard InChI is InChI=1S/C21H26N4OS/c1-21(2,13-22)14-25(3)19(26)16-9-5-4-8-15(16)12-27-20-23-17-10-6-7-11-18(17)24-20/h4-11H,12-14,22H2,1-3H3,(H,23,24). The normalized spacial score (nSPS) is 11.7. The molecule has 0 spiro atoms. The Kier molecular flexibility index (Phi) is 5.87. The lowest BCUT2D eigenvalue weighted by Crippen LogP contribution is -2.40. The number of carbonyl (C=O) groups is 1. The third-order valence-electron chi connectivity index (χ3n) is 4.54. The van der Waals surface area contributed by atoms with E-state index in [0.29, 0.717) is 18.8 Å². The van der Waals surface area contributed by atoms with Gasteiger partial charge in [-0.25, -0.2) is 4.98 Å². The number of para-hydroxylation sites is 2. The van der Waals surface area contributed by atoms with Crippen molar-refractivity contribution in [1.82, 2.24) is 14.9 Å². The van der Waals surface area contributed by atoms with Crippen LogP contribution < -0.4 is 5.73 Å². The van der Waals surface area contributed by atoms with E-state index in [4.69, 9.17) is 5.73 Å². The molecule has 0 saturated carbocycles. The zero-order chi connectivity index (χ0) is 19.4. The highest BCUT2D eigenvalue weighted by Gasteiger charge is 2.23. The third kappa shape index (κ3) is 4.70. The van der Waals surface area contributed by atoms with E-state index in [0.717, 1.165) is 27.3 Å². The minimum absolute atomic E-state index is 0.0253. The number of hydrogen-bond acceptors (Lipinski definition) is 4. The smallest absolute Gasteiger partial charge is 0.253 e. The highest BCUT2D eigenvalue weighted by atomic mass is 32.2. The molecule has 0 unspecified atom stereocenters. The fourth-order valence-electron chi connectivity index (χ4n) is 2.98. The Hall–Kier alpha value is -2.31. The first-order valence-corrected chi connectivity index (χ1v) is 9.99. The van der Waals surface area contributed by atoms with Crippen molar-refractivity contribution in [3.8, 4) is 0 Å². The number of benzene rings is 2. The van der Waals surface area contributed by atoms with Crippen LogP contribution in [-0.2, 0) is 5.75 Å². The number of amides is 1. The van der Waals surface area contributed by atoms with Crippen LogP contribution in [0.3, 0.4) is 0 Å². The number of nitrogens with zero attached hydrogens (tertiary/aromatic N) is 2. The van der Waals surface area contributed by atoms with Gasteiger partial charge in [0.15, 0.2) is 5.16 Å². The van der Waals surface area contributed by atoms with Gasteiger partial charge in [0.05, 0.1) is 11.0 Å². The van der Waals surface area contributed by atoms with Crippen molar-refractivity contribution in [1.29, 1.82) is 0 Å². The van der Waals surface area contributed by atoms with Crippen LogP contribution in [0.25, 0.3) is 11.0 Å². The van der Waals surface area contributed by atoms with E-state index in [9.17, 15) is 4.79 Å². The highest BCUT2D eigenvalue weighted by Crippen LogP contribution is 2.25. The summed E-state index contributed by atoms with van der Waals surface area (Å²) in [6.45, 7) is 5.29. The number of imidazole rings is 1. The van der Waals surface area contributed by atoms with Crippen LogP contribution in [0.4, 0.5) is 0 Å². The Labute approximate surface area is 164 Å². The van der Waals surface area contributed by atoms with Gasteiger partial charge in [-0.3, -0.25) is 4.79 Å². The van der Waals surface area contributed by atoms with Gasteiger partial charge in [-0.15, -0.1) is 0 Å². The SMILES string of the molecule is CN(CC(C)(C)CN)C(=O)c1ccccc1CSc1nc2ccccc2[nH]1. The van der Waals surface area contributed by atoms with Gasteiger partial charge in [0.1, 0.15) is 0 Å². The molecule has 0 fully saturated rings. The zero-order valence-electron chi connectivity index (χ0n) is 16.0. The molecule has 0 aliphatic heterocycles. The lowest BCUT2D eigenvalue weighted by atomic mass is 9.93. The number of fused-ring (bicyclic) bond motifs is 1. The van der Waals surface area contributed by atoms with Crippen molar-refractivity contribution in [3.05, 3.63) is 59.7 Å². The molecule has 1 amide bonds. The number of rotatable bonds is 7. The van der Waals surface area contributed by atoms with E-state index in [1.807, 2.05) is 55.6 Å². The van der Waals surface area contributed by atoms with Crippen molar-refractivity contribution >= 4 is 28.7 Å². The minimum atomic E-state index is -0.109. The predicted octanol–water partition coefficient (Wildman–Crippen LogP) is 3.91.